The van der Waals surface area contributed by atoms with Gasteiger partial charge in [0.25, 0.3) is 0 Å². The number of rotatable bonds is 7. The first kappa shape index (κ1) is 15.0. The maximum absolute atomic E-state index is 5.63. The first-order valence-electron chi connectivity index (χ1n) is 7.08. The van der Waals surface area contributed by atoms with E-state index in [1.807, 2.05) is 0 Å². The van der Waals surface area contributed by atoms with Crippen LogP contribution in [0.4, 0.5) is 0 Å². The topological polar surface area (TPSA) is 38.0 Å². The van der Waals surface area contributed by atoms with E-state index in [1.54, 1.807) is 0 Å². The van der Waals surface area contributed by atoms with E-state index >= 15 is 0 Å². The van der Waals surface area contributed by atoms with Crippen molar-refractivity contribution in [2.24, 2.45) is 22.0 Å². The van der Waals surface area contributed by atoms with Crippen LogP contribution in [0.3, 0.4) is 0 Å². The minimum Gasteiger partial charge on any atom is -0.330 e. The van der Waals surface area contributed by atoms with Crippen molar-refractivity contribution in [1.29, 1.82) is 0 Å². The zero-order chi connectivity index (χ0) is 13.3. The van der Waals surface area contributed by atoms with E-state index in [2.05, 4.69) is 46.9 Å². The molecule has 1 aliphatic rings. The molecule has 0 spiro atoms. The van der Waals surface area contributed by atoms with Crippen LogP contribution >= 0.6 is 0 Å². The molecule has 0 amide bonds. The van der Waals surface area contributed by atoms with Gasteiger partial charge < -0.3 is 11.1 Å². The van der Waals surface area contributed by atoms with Crippen molar-refractivity contribution < 1.29 is 0 Å². The lowest BCUT2D eigenvalue weighted by molar-refractivity contribution is 0.301. The van der Waals surface area contributed by atoms with Crippen LogP contribution in [0, 0.1) is 16.2 Å². The zero-order valence-electron chi connectivity index (χ0n) is 12.7. The number of hydrogen-bond acceptors (Lipinski definition) is 2. The Kier molecular flexibility index (Phi) is 4.31. The Balaban J connectivity index is 2.19. The van der Waals surface area contributed by atoms with Crippen LogP contribution in [0.2, 0.25) is 0 Å². The van der Waals surface area contributed by atoms with Gasteiger partial charge in [-0.3, -0.25) is 0 Å². The molecule has 0 radical (unpaired) electrons. The molecule has 0 aromatic carbocycles. The van der Waals surface area contributed by atoms with Crippen molar-refractivity contribution in [3.05, 3.63) is 0 Å². The molecule has 1 aliphatic carbocycles. The maximum Gasteiger partial charge on any atom is 0.0181 e. The Labute approximate surface area is 108 Å². The van der Waals surface area contributed by atoms with Crippen molar-refractivity contribution in [2.75, 3.05) is 13.1 Å². The lowest BCUT2D eigenvalue weighted by Crippen LogP contribution is -2.25. The highest BCUT2D eigenvalue weighted by Crippen LogP contribution is 2.62. The van der Waals surface area contributed by atoms with Crippen LogP contribution in [0.25, 0.3) is 0 Å². The normalized spacial score (nSPS) is 22.8. The number of nitrogens with two attached hydrogens (primary N) is 1. The highest BCUT2D eigenvalue weighted by atomic mass is 15.0. The van der Waals surface area contributed by atoms with Gasteiger partial charge in [-0.05, 0) is 48.6 Å². The highest BCUT2D eigenvalue weighted by molar-refractivity contribution is 5.17. The molecule has 1 fully saturated rings. The van der Waals surface area contributed by atoms with Gasteiger partial charge in [0.2, 0.25) is 0 Å². The average molecular weight is 240 g/mol. The summed E-state index contributed by atoms with van der Waals surface area (Å²) >= 11 is 0. The van der Waals surface area contributed by atoms with Crippen molar-refractivity contribution in [3.63, 3.8) is 0 Å². The molecule has 0 aromatic heterocycles. The monoisotopic (exact) mass is 240 g/mol. The third kappa shape index (κ3) is 3.23. The fraction of sp³-hybridized carbons (Fsp3) is 1.00. The quantitative estimate of drug-likeness (QED) is 0.671. The summed E-state index contributed by atoms with van der Waals surface area (Å²) in [5.41, 5.74) is 6.96. The molecule has 0 saturated heterocycles. The Hall–Kier alpha value is -0.0800. The van der Waals surface area contributed by atoms with E-state index in [4.69, 9.17) is 5.73 Å². The predicted octanol–water partition coefficient (Wildman–Crippen LogP) is 3.17. The molecule has 0 atom stereocenters. The summed E-state index contributed by atoms with van der Waals surface area (Å²) < 4.78 is 0. The molecule has 2 heteroatoms. The Morgan fingerprint density at radius 3 is 2.00 bits per heavy atom. The number of hydrogen-bond donors (Lipinski definition) is 2. The fourth-order valence-corrected chi connectivity index (χ4v) is 3.04. The van der Waals surface area contributed by atoms with Gasteiger partial charge in [-0.25, -0.2) is 0 Å². The summed E-state index contributed by atoms with van der Waals surface area (Å²) in [6.07, 6.45) is 3.66. The molecule has 0 bridgehead atoms. The van der Waals surface area contributed by atoms with E-state index < -0.39 is 0 Å². The Morgan fingerprint density at radius 1 is 1.06 bits per heavy atom. The first-order valence-corrected chi connectivity index (χ1v) is 7.08. The van der Waals surface area contributed by atoms with Crippen LogP contribution in [0.1, 0.15) is 60.8 Å². The molecular formula is C15H32N2. The first-order chi connectivity index (χ1) is 7.65. The van der Waals surface area contributed by atoms with E-state index in [0.717, 1.165) is 19.5 Å². The molecule has 1 saturated carbocycles. The second-order valence-electron chi connectivity index (χ2n) is 7.64. The van der Waals surface area contributed by atoms with E-state index in [0.29, 0.717) is 22.3 Å². The van der Waals surface area contributed by atoms with Crippen LogP contribution in [-0.2, 0) is 0 Å². The number of nitrogens with one attached hydrogen (secondary N) is 1. The van der Waals surface area contributed by atoms with Crippen LogP contribution in [-0.4, -0.2) is 19.1 Å². The molecule has 0 unspecified atom stereocenters. The standard InChI is InChI=1S/C15H32N2/c1-13(2,9-10-16)8-7-11-17-12-14(3,4)15(12,5)6/h12,17H,7-11,16H2,1-6H3. The van der Waals surface area contributed by atoms with Gasteiger partial charge >= 0.3 is 0 Å². The minimum absolute atomic E-state index is 0.408. The largest absolute Gasteiger partial charge is 0.330 e. The third-order valence-electron chi connectivity index (χ3n) is 5.22. The third-order valence-corrected chi connectivity index (χ3v) is 5.22. The molecule has 102 valence electrons. The molecule has 2 nitrogen and oxygen atoms in total. The average Bonchev–Trinajstić information content (AvgIpc) is 2.53. The fourth-order valence-electron chi connectivity index (χ4n) is 3.04. The maximum atomic E-state index is 5.63. The summed E-state index contributed by atoms with van der Waals surface area (Å²) in [7, 11) is 0. The molecule has 1 rings (SSSR count). The van der Waals surface area contributed by atoms with Gasteiger partial charge in [-0.1, -0.05) is 41.5 Å². The second kappa shape index (κ2) is 4.89. The van der Waals surface area contributed by atoms with Gasteiger partial charge in [0.15, 0.2) is 0 Å². The van der Waals surface area contributed by atoms with Crippen molar-refractivity contribution in [1.82, 2.24) is 5.32 Å². The van der Waals surface area contributed by atoms with E-state index in [-0.39, 0.29) is 0 Å². The Morgan fingerprint density at radius 2 is 1.59 bits per heavy atom. The molecule has 17 heavy (non-hydrogen) atoms. The summed E-state index contributed by atoms with van der Waals surface area (Å²) in [4.78, 5) is 0. The van der Waals surface area contributed by atoms with Crippen LogP contribution < -0.4 is 11.1 Å². The summed E-state index contributed by atoms with van der Waals surface area (Å²) in [6, 6.07) is 0.688. The second-order valence-corrected chi connectivity index (χ2v) is 7.64. The lowest BCUT2D eigenvalue weighted by atomic mass is 9.84. The van der Waals surface area contributed by atoms with Crippen LogP contribution in [0.15, 0.2) is 0 Å². The van der Waals surface area contributed by atoms with E-state index in [1.165, 1.54) is 12.8 Å². The zero-order valence-corrected chi connectivity index (χ0v) is 12.7. The van der Waals surface area contributed by atoms with Gasteiger partial charge in [-0.2, -0.15) is 0 Å². The van der Waals surface area contributed by atoms with Crippen molar-refractivity contribution in [3.8, 4) is 0 Å². The highest BCUT2D eigenvalue weighted by Gasteiger charge is 2.64. The van der Waals surface area contributed by atoms with Gasteiger partial charge in [-0.15, -0.1) is 0 Å². The molecule has 0 aliphatic heterocycles. The van der Waals surface area contributed by atoms with Gasteiger partial charge in [0, 0.05) is 6.04 Å². The molecular weight excluding hydrogens is 208 g/mol. The van der Waals surface area contributed by atoms with Crippen molar-refractivity contribution in [2.45, 2.75) is 66.8 Å². The smallest absolute Gasteiger partial charge is 0.0181 e. The van der Waals surface area contributed by atoms with E-state index in [9.17, 15) is 0 Å². The van der Waals surface area contributed by atoms with Crippen LogP contribution in [0.5, 0.6) is 0 Å². The SMILES string of the molecule is CC(C)(CCN)CCCNC1C(C)(C)C1(C)C. The molecule has 3 N–H and O–H groups in total. The summed E-state index contributed by atoms with van der Waals surface area (Å²) in [5, 5.41) is 3.72. The predicted molar refractivity (Wildman–Crippen MR) is 76.0 cm³/mol. The van der Waals surface area contributed by atoms with Gasteiger partial charge in [0.05, 0.1) is 0 Å². The summed E-state index contributed by atoms with van der Waals surface area (Å²) in [5.74, 6) is 0. The lowest BCUT2D eigenvalue weighted by Gasteiger charge is -2.23. The summed E-state index contributed by atoms with van der Waals surface area (Å²) in [6.45, 7) is 16.1. The molecule has 0 heterocycles. The van der Waals surface area contributed by atoms with Gasteiger partial charge in [0.1, 0.15) is 0 Å². The van der Waals surface area contributed by atoms with Crippen molar-refractivity contribution >= 4 is 0 Å². The minimum atomic E-state index is 0.408. The molecule has 0 aromatic rings. The Bertz CT molecular complexity index is 240.